The van der Waals surface area contributed by atoms with E-state index in [1.165, 1.54) is 21.3 Å². The van der Waals surface area contributed by atoms with Crippen LogP contribution in [-0.4, -0.2) is 49.7 Å². The van der Waals surface area contributed by atoms with Gasteiger partial charge in [-0.15, -0.1) is 11.3 Å². The van der Waals surface area contributed by atoms with Crippen LogP contribution in [0.3, 0.4) is 0 Å². The third kappa shape index (κ3) is 3.96. The van der Waals surface area contributed by atoms with Gasteiger partial charge < -0.3 is 4.90 Å². The Hall–Kier alpha value is -2.21. The first-order valence-electron chi connectivity index (χ1n) is 8.32. The monoisotopic (exact) mass is 389 g/mol. The molecule has 0 unspecified atom stereocenters. The largest absolute Gasteiger partial charge is 0.340 e. The zero-order chi connectivity index (χ0) is 18.6. The van der Waals surface area contributed by atoms with Crippen LogP contribution in [0.2, 0.25) is 0 Å². The third-order valence-corrected chi connectivity index (χ3v) is 7.28. The van der Waals surface area contributed by atoms with Crippen LogP contribution in [0.1, 0.15) is 16.9 Å². The number of nitrogens with zero attached hydrogens (tertiary/aromatic N) is 3. The van der Waals surface area contributed by atoms with Crippen LogP contribution >= 0.6 is 11.3 Å². The first kappa shape index (κ1) is 18.6. The van der Waals surface area contributed by atoms with E-state index >= 15 is 0 Å². The maximum Gasteiger partial charge on any atom is 0.244 e. The molecule has 8 heteroatoms. The summed E-state index contributed by atoms with van der Waals surface area (Å²) in [6.07, 6.45) is 1.15. The predicted molar refractivity (Wildman–Crippen MR) is 99.1 cm³/mol. The molecule has 3 rings (SSSR count). The number of thiophene rings is 1. The van der Waals surface area contributed by atoms with Gasteiger partial charge >= 0.3 is 0 Å². The molecule has 0 saturated carbocycles. The number of nitriles is 1. The molecule has 1 amide bonds. The van der Waals surface area contributed by atoms with Crippen molar-refractivity contribution < 1.29 is 13.2 Å². The molecule has 1 aromatic carbocycles. The molecule has 2 heterocycles. The Morgan fingerprint density at radius 3 is 2.50 bits per heavy atom. The van der Waals surface area contributed by atoms with Gasteiger partial charge in [0, 0.05) is 37.5 Å². The van der Waals surface area contributed by atoms with Crippen LogP contribution in [0.25, 0.3) is 0 Å². The lowest BCUT2D eigenvalue weighted by molar-refractivity contribution is -0.132. The fourth-order valence-corrected chi connectivity index (χ4v) is 5.22. The van der Waals surface area contributed by atoms with Crippen molar-refractivity contribution in [2.45, 2.75) is 17.7 Å². The number of hydrogen-bond acceptors (Lipinski definition) is 5. The molecule has 1 aliphatic heterocycles. The Bertz CT molecular complexity index is 909. The van der Waals surface area contributed by atoms with Gasteiger partial charge in [-0.3, -0.25) is 4.79 Å². The van der Waals surface area contributed by atoms with Crippen LogP contribution in [0.4, 0.5) is 0 Å². The lowest BCUT2D eigenvalue weighted by Gasteiger charge is -2.34. The standard InChI is InChI=1S/C18H19N3O3S2/c19-14-15-4-1-2-6-17(15)26(23,24)21-11-9-20(10-12-21)18(22)8-7-16-5-3-13-25-16/h1-6,13H,7-12H2. The Kier molecular flexibility index (Phi) is 5.71. The van der Waals surface area contributed by atoms with Crippen LogP contribution < -0.4 is 0 Å². The molecule has 1 aromatic heterocycles. The summed E-state index contributed by atoms with van der Waals surface area (Å²) in [4.78, 5) is 15.3. The lowest BCUT2D eigenvalue weighted by Crippen LogP contribution is -2.50. The van der Waals surface area contributed by atoms with Gasteiger partial charge in [-0.2, -0.15) is 9.57 Å². The zero-order valence-corrected chi connectivity index (χ0v) is 15.8. The molecule has 1 aliphatic rings. The van der Waals surface area contributed by atoms with E-state index in [9.17, 15) is 13.2 Å². The summed E-state index contributed by atoms with van der Waals surface area (Å²) < 4.78 is 26.9. The van der Waals surface area contributed by atoms with E-state index in [-0.39, 0.29) is 29.5 Å². The number of hydrogen-bond donors (Lipinski definition) is 0. The van der Waals surface area contributed by atoms with Crippen LogP contribution in [0.15, 0.2) is 46.7 Å². The van der Waals surface area contributed by atoms with Gasteiger partial charge in [0.15, 0.2) is 0 Å². The lowest BCUT2D eigenvalue weighted by atomic mass is 10.2. The van der Waals surface area contributed by atoms with E-state index in [2.05, 4.69) is 0 Å². The molecule has 0 aliphatic carbocycles. The fraction of sp³-hybridized carbons (Fsp3) is 0.333. The smallest absolute Gasteiger partial charge is 0.244 e. The third-order valence-electron chi connectivity index (χ3n) is 4.38. The second-order valence-electron chi connectivity index (χ2n) is 5.97. The molecule has 0 radical (unpaired) electrons. The van der Waals surface area contributed by atoms with Crippen LogP contribution in [0.5, 0.6) is 0 Å². The zero-order valence-electron chi connectivity index (χ0n) is 14.2. The van der Waals surface area contributed by atoms with Gasteiger partial charge in [-0.1, -0.05) is 18.2 Å². The maximum atomic E-state index is 12.8. The Morgan fingerprint density at radius 2 is 1.85 bits per heavy atom. The molecule has 6 nitrogen and oxygen atoms in total. The highest BCUT2D eigenvalue weighted by molar-refractivity contribution is 7.89. The van der Waals surface area contributed by atoms with E-state index in [4.69, 9.17) is 5.26 Å². The van der Waals surface area contributed by atoms with Crippen molar-refractivity contribution in [1.29, 1.82) is 5.26 Å². The second kappa shape index (κ2) is 7.99. The number of aryl methyl sites for hydroxylation is 1. The highest BCUT2D eigenvalue weighted by Gasteiger charge is 2.31. The fourth-order valence-electron chi connectivity index (χ4n) is 2.94. The molecule has 0 atom stereocenters. The predicted octanol–water partition coefficient (Wildman–Crippen LogP) is 2.09. The molecule has 136 valence electrons. The normalized spacial score (nSPS) is 15.6. The quantitative estimate of drug-likeness (QED) is 0.784. The molecule has 26 heavy (non-hydrogen) atoms. The summed E-state index contributed by atoms with van der Waals surface area (Å²) in [6, 6.07) is 12.1. The number of rotatable bonds is 5. The molecule has 1 fully saturated rings. The van der Waals surface area contributed by atoms with E-state index in [1.807, 2.05) is 23.6 Å². The van der Waals surface area contributed by atoms with E-state index in [0.29, 0.717) is 25.9 Å². The van der Waals surface area contributed by atoms with Gasteiger partial charge in [-0.05, 0) is 30.0 Å². The molecule has 0 bridgehead atoms. The van der Waals surface area contributed by atoms with Crippen molar-refractivity contribution in [3.63, 3.8) is 0 Å². The second-order valence-corrected chi connectivity index (χ2v) is 8.91. The number of amides is 1. The number of sulfonamides is 1. The summed E-state index contributed by atoms with van der Waals surface area (Å²) in [5.74, 6) is 0.0490. The number of benzene rings is 1. The average Bonchev–Trinajstić information content (AvgIpc) is 3.19. The summed E-state index contributed by atoms with van der Waals surface area (Å²) in [5.41, 5.74) is 0.141. The van der Waals surface area contributed by atoms with E-state index < -0.39 is 10.0 Å². The van der Waals surface area contributed by atoms with Crippen molar-refractivity contribution in [2.24, 2.45) is 0 Å². The minimum absolute atomic E-state index is 0.0278. The first-order valence-corrected chi connectivity index (χ1v) is 10.6. The van der Waals surface area contributed by atoms with Crippen molar-refractivity contribution in [3.05, 3.63) is 52.2 Å². The van der Waals surface area contributed by atoms with Crippen molar-refractivity contribution in [1.82, 2.24) is 9.21 Å². The molecular formula is C18H19N3O3S2. The van der Waals surface area contributed by atoms with Crippen molar-refractivity contribution >= 4 is 27.3 Å². The van der Waals surface area contributed by atoms with Crippen LogP contribution in [-0.2, 0) is 21.2 Å². The SMILES string of the molecule is N#Cc1ccccc1S(=O)(=O)N1CCN(C(=O)CCc2cccs2)CC1. The first-order chi connectivity index (χ1) is 12.5. The Morgan fingerprint density at radius 1 is 1.12 bits per heavy atom. The maximum absolute atomic E-state index is 12.8. The van der Waals surface area contributed by atoms with Gasteiger partial charge in [0.25, 0.3) is 0 Å². The molecule has 2 aromatic rings. The Balaban J connectivity index is 1.61. The summed E-state index contributed by atoms with van der Waals surface area (Å²) in [5, 5.41) is 11.1. The minimum Gasteiger partial charge on any atom is -0.340 e. The van der Waals surface area contributed by atoms with Gasteiger partial charge in [0.05, 0.1) is 10.5 Å². The molecule has 1 saturated heterocycles. The number of carbonyl (C=O) groups is 1. The van der Waals surface area contributed by atoms with Gasteiger partial charge in [-0.25, -0.2) is 8.42 Å². The van der Waals surface area contributed by atoms with Gasteiger partial charge in [0.1, 0.15) is 6.07 Å². The van der Waals surface area contributed by atoms with Crippen molar-refractivity contribution in [3.8, 4) is 6.07 Å². The topological polar surface area (TPSA) is 81.5 Å². The van der Waals surface area contributed by atoms with E-state index in [1.54, 1.807) is 28.4 Å². The highest BCUT2D eigenvalue weighted by Crippen LogP contribution is 2.21. The number of piperazine rings is 1. The summed E-state index contributed by atoms with van der Waals surface area (Å²) in [6.45, 7) is 1.23. The summed E-state index contributed by atoms with van der Waals surface area (Å²) >= 11 is 1.63. The van der Waals surface area contributed by atoms with Crippen molar-refractivity contribution in [2.75, 3.05) is 26.2 Å². The average molecular weight is 390 g/mol. The van der Waals surface area contributed by atoms with Gasteiger partial charge in [0.2, 0.25) is 15.9 Å². The minimum atomic E-state index is -3.73. The molecule has 0 spiro atoms. The number of carbonyl (C=O) groups excluding carboxylic acids is 1. The highest BCUT2D eigenvalue weighted by atomic mass is 32.2. The Labute approximate surface area is 157 Å². The van der Waals surface area contributed by atoms with E-state index in [0.717, 1.165) is 0 Å². The van der Waals surface area contributed by atoms with Crippen LogP contribution in [0, 0.1) is 11.3 Å². The summed E-state index contributed by atoms with van der Waals surface area (Å²) in [7, 11) is -3.73. The molecule has 0 N–H and O–H groups in total. The molecular weight excluding hydrogens is 370 g/mol.